The largest absolute Gasteiger partial charge is 0.394 e. The van der Waals surface area contributed by atoms with Gasteiger partial charge < -0.3 is 8.85 Å². The summed E-state index contributed by atoms with van der Waals surface area (Å²) in [5.74, 6) is 1.30. The molecule has 0 aliphatic heterocycles. The minimum Gasteiger partial charge on any atom is -0.394 e. The van der Waals surface area contributed by atoms with Crippen LogP contribution in [0.5, 0.6) is 0 Å². The van der Waals surface area contributed by atoms with Gasteiger partial charge in [0.15, 0.2) is 0 Å². The van der Waals surface area contributed by atoms with Crippen LogP contribution in [0.4, 0.5) is 0 Å². The Morgan fingerprint density at radius 3 is 1.67 bits per heavy atom. The van der Waals surface area contributed by atoms with Gasteiger partial charge in [-0.05, 0) is 37.6 Å². The molecule has 0 amide bonds. The summed E-state index contributed by atoms with van der Waals surface area (Å²) in [6.45, 7) is 15.5. The second-order valence-electron chi connectivity index (χ2n) is 6.03. The molecule has 0 radical (unpaired) electrons. The van der Waals surface area contributed by atoms with Crippen molar-refractivity contribution in [2.75, 3.05) is 19.0 Å². The minimum atomic E-state index is -1.92. The van der Waals surface area contributed by atoms with Gasteiger partial charge in [0, 0.05) is 13.2 Å². The molecule has 0 aromatic carbocycles. The van der Waals surface area contributed by atoms with Crippen molar-refractivity contribution in [2.24, 2.45) is 0 Å². The smallest absolute Gasteiger partial charge is 0.334 e. The van der Waals surface area contributed by atoms with Crippen LogP contribution in [0.2, 0.25) is 30.7 Å². The van der Waals surface area contributed by atoms with Crippen LogP contribution >= 0.6 is 11.2 Å². The molecular weight excluding hydrogens is 312 g/mol. The Bertz CT molecular complexity index is 232. The van der Waals surface area contributed by atoms with Crippen LogP contribution in [0, 0.1) is 0 Å². The van der Waals surface area contributed by atoms with Crippen LogP contribution in [0.1, 0.15) is 53.9 Å². The molecule has 0 spiro atoms. The summed E-state index contributed by atoms with van der Waals surface area (Å²) in [7, 11) is -2.93. The standard InChI is InChI=1S/C16H38O2SSi2/c1-7-13-17-20(6,18-14-8-2)16-12-15-19-21(9-3,10-4)11-5/h7-16H2,1-6H3. The summed E-state index contributed by atoms with van der Waals surface area (Å²) < 4.78 is 12.2. The fourth-order valence-electron chi connectivity index (χ4n) is 2.56. The lowest BCUT2D eigenvalue weighted by molar-refractivity contribution is 0.173. The van der Waals surface area contributed by atoms with Gasteiger partial charge >= 0.3 is 8.56 Å². The van der Waals surface area contributed by atoms with Crippen molar-refractivity contribution in [3.63, 3.8) is 0 Å². The lowest BCUT2D eigenvalue weighted by Gasteiger charge is -2.29. The van der Waals surface area contributed by atoms with E-state index in [1.54, 1.807) is 0 Å². The molecule has 0 rings (SSSR count). The predicted molar refractivity (Wildman–Crippen MR) is 103 cm³/mol. The first-order chi connectivity index (χ1) is 10.0. The third-order valence-electron chi connectivity index (χ3n) is 4.34. The van der Waals surface area contributed by atoms with Gasteiger partial charge in [-0.15, -0.1) is 0 Å². The summed E-state index contributed by atoms with van der Waals surface area (Å²) >= 11 is 2.31. The molecule has 21 heavy (non-hydrogen) atoms. The highest BCUT2D eigenvalue weighted by Crippen LogP contribution is 2.33. The quantitative estimate of drug-likeness (QED) is 0.281. The van der Waals surface area contributed by atoms with Gasteiger partial charge in [-0.1, -0.05) is 52.8 Å². The molecule has 0 aliphatic carbocycles. The summed E-state index contributed by atoms with van der Waals surface area (Å²) in [5.41, 5.74) is 0. The summed E-state index contributed by atoms with van der Waals surface area (Å²) in [6, 6.07) is 5.40. The molecule has 128 valence electrons. The van der Waals surface area contributed by atoms with E-state index in [4.69, 9.17) is 8.85 Å². The van der Waals surface area contributed by atoms with Crippen molar-refractivity contribution < 1.29 is 8.85 Å². The van der Waals surface area contributed by atoms with E-state index < -0.39 is 15.8 Å². The van der Waals surface area contributed by atoms with E-state index in [1.165, 1.54) is 30.3 Å². The summed E-state index contributed by atoms with van der Waals surface area (Å²) in [6.07, 6.45) is 3.43. The van der Waals surface area contributed by atoms with E-state index in [2.05, 4.69) is 52.4 Å². The zero-order valence-corrected chi connectivity index (χ0v) is 18.1. The fraction of sp³-hybridized carbons (Fsp3) is 1.00. The molecule has 2 nitrogen and oxygen atoms in total. The zero-order chi connectivity index (χ0) is 16.2. The molecule has 0 bridgehead atoms. The minimum absolute atomic E-state index is 0.858. The molecule has 0 aromatic heterocycles. The van der Waals surface area contributed by atoms with Gasteiger partial charge in [-0.2, -0.15) is 11.2 Å². The predicted octanol–water partition coefficient (Wildman–Crippen LogP) is 6.04. The van der Waals surface area contributed by atoms with Gasteiger partial charge in [-0.3, -0.25) is 0 Å². The molecule has 0 saturated heterocycles. The van der Waals surface area contributed by atoms with E-state index >= 15 is 0 Å². The Morgan fingerprint density at radius 1 is 0.810 bits per heavy atom. The van der Waals surface area contributed by atoms with E-state index in [-0.39, 0.29) is 0 Å². The molecular formula is C16H38O2SSi2. The molecule has 5 heteroatoms. The van der Waals surface area contributed by atoms with E-state index in [0.717, 1.165) is 32.1 Å². The Hall–Kier alpha value is 0.704. The molecule has 0 atom stereocenters. The Balaban J connectivity index is 4.23. The first kappa shape index (κ1) is 21.7. The van der Waals surface area contributed by atoms with Crippen LogP contribution in [0.3, 0.4) is 0 Å². The van der Waals surface area contributed by atoms with E-state index in [9.17, 15) is 0 Å². The molecule has 0 saturated carbocycles. The second kappa shape index (κ2) is 12.2. The summed E-state index contributed by atoms with van der Waals surface area (Å²) in [5, 5.41) is 0. The topological polar surface area (TPSA) is 18.5 Å². The van der Waals surface area contributed by atoms with Gasteiger partial charge in [0.1, 0.15) is 7.22 Å². The van der Waals surface area contributed by atoms with Crippen molar-refractivity contribution in [2.45, 2.75) is 84.6 Å². The third-order valence-corrected chi connectivity index (χ3v) is 17.2. The van der Waals surface area contributed by atoms with Crippen LogP contribution in [-0.2, 0) is 8.85 Å². The highest BCUT2D eigenvalue weighted by atomic mass is 32.4. The van der Waals surface area contributed by atoms with Crippen molar-refractivity contribution in [1.82, 2.24) is 0 Å². The van der Waals surface area contributed by atoms with Crippen LogP contribution in [-0.4, -0.2) is 34.8 Å². The SMILES string of the molecule is CCCO[Si](C)(CCCS[Si](CC)(CC)CC)OCCC. The first-order valence-electron chi connectivity index (χ1n) is 8.93. The highest BCUT2D eigenvalue weighted by molar-refractivity contribution is 8.28. The Labute approximate surface area is 139 Å². The highest BCUT2D eigenvalue weighted by Gasteiger charge is 2.32. The zero-order valence-electron chi connectivity index (χ0n) is 15.3. The second-order valence-corrected chi connectivity index (χ2v) is 18.0. The lowest BCUT2D eigenvalue weighted by Crippen LogP contribution is -2.39. The number of hydrogen-bond donors (Lipinski definition) is 0. The molecule has 0 aliphatic rings. The number of rotatable bonds is 14. The van der Waals surface area contributed by atoms with E-state index in [1.807, 2.05) is 0 Å². The van der Waals surface area contributed by atoms with Crippen molar-refractivity contribution in [3.8, 4) is 0 Å². The van der Waals surface area contributed by atoms with Gasteiger partial charge in [0.25, 0.3) is 0 Å². The number of hydrogen-bond acceptors (Lipinski definition) is 3. The molecule has 0 N–H and O–H groups in total. The Kier molecular flexibility index (Phi) is 12.6. The maximum atomic E-state index is 6.11. The van der Waals surface area contributed by atoms with Gasteiger partial charge in [0.2, 0.25) is 0 Å². The molecule has 0 unspecified atom stereocenters. The van der Waals surface area contributed by atoms with Crippen LogP contribution in [0.15, 0.2) is 0 Å². The van der Waals surface area contributed by atoms with Crippen LogP contribution < -0.4 is 0 Å². The average molecular weight is 351 g/mol. The van der Waals surface area contributed by atoms with E-state index in [0.29, 0.717) is 0 Å². The Morgan fingerprint density at radius 2 is 1.29 bits per heavy atom. The maximum Gasteiger partial charge on any atom is 0.334 e. The van der Waals surface area contributed by atoms with Crippen LogP contribution in [0.25, 0.3) is 0 Å². The van der Waals surface area contributed by atoms with Gasteiger partial charge in [-0.25, -0.2) is 0 Å². The third kappa shape index (κ3) is 8.79. The molecule has 0 aromatic rings. The molecule has 0 heterocycles. The van der Waals surface area contributed by atoms with Crippen molar-refractivity contribution in [1.29, 1.82) is 0 Å². The normalized spacial score (nSPS) is 12.9. The summed E-state index contributed by atoms with van der Waals surface area (Å²) in [4.78, 5) is 0. The maximum absolute atomic E-state index is 6.11. The van der Waals surface area contributed by atoms with Crippen molar-refractivity contribution in [3.05, 3.63) is 0 Å². The monoisotopic (exact) mass is 350 g/mol. The lowest BCUT2D eigenvalue weighted by atomic mass is 10.5. The first-order valence-corrected chi connectivity index (χ1v) is 15.8. The van der Waals surface area contributed by atoms with Crippen molar-refractivity contribution >= 4 is 27.0 Å². The van der Waals surface area contributed by atoms with Gasteiger partial charge in [0.05, 0.1) is 0 Å². The average Bonchev–Trinajstić information content (AvgIpc) is 2.52. The molecule has 0 fully saturated rings. The fourth-order valence-corrected chi connectivity index (χ4v) is 11.7.